The van der Waals surface area contributed by atoms with E-state index in [0.29, 0.717) is 12.1 Å². The molecule has 6 nitrogen and oxygen atoms in total. The highest BCUT2D eigenvalue weighted by Crippen LogP contribution is 2.37. The van der Waals surface area contributed by atoms with Crippen molar-refractivity contribution in [2.24, 2.45) is 11.7 Å². The van der Waals surface area contributed by atoms with Crippen molar-refractivity contribution in [2.75, 3.05) is 13.6 Å². The Kier molecular flexibility index (Phi) is 3.98. The van der Waals surface area contributed by atoms with Gasteiger partial charge in [-0.05, 0) is 60.9 Å². The Bertz CT molecular complexity index is 578. The Morgan fingerprint density at radius 2 is 2.24 bits per heavy atom. The summed E-state index contributed by atoms with van der Waals surface area (Å²) in [4.78, 5) is 2.40. The zero-order chi connectivity index (χ0) is 14.8. The van der Waals surface area contributed by atoms with E-state index in [1.165, 1.54) is 18.4 Å². The zero-order valence-electron chi connectivity index (χ0n) is 12.6. The number of rotatable bonds is 6. The molecule has 2 N–H and O–H groups in total. The maximum absolute atomic E-state index is 5.97. The van der Waals surface area contributed by atoms with Gasteiger partial charge in [0.2, 0.25) is 0 Å². The maximum atomic E-state index is 5.97. The van der Waals surface area contributed by atoms with Crippen LogP contribution in [-0.2, 0) is 0 Å². The number of nitrogens with two attached hydrogens (primary N) is 1. The van der Waals surface area contributed by atoms with Crippen LogP contribution in [0, 0.1) is 5.92 Å². The number of hydrogen-bond donors (Lipinski definition) is 1. The van der Waals surface area contributed by atoms with Crippen molar-refractivity contribution in [3.8, 4) is 5.69 Å². The number of nitrogens with zero attached hydrogens (tertiary/aromatic N) is 5. The average molecular weight is 286 g/mol. The van der Waals surface area contributed by atoms with Crippen molar-refractivity contribution in [3.05, 3.63) is 36.2 Å². The summed E-state index contributed by atoms with van der Waals surface area (Å²) in [5.41, 5.74) is 8.20. The van der Waals surface area contributed by atoms with Crippen LogP contribution in [0.5, 0.6) is 0 Å². The van der Waals surface area contributed by atoms with E-state index < -0.39 is 0 Å². The molecule has 2 atom stereocenters. The second-order valence-corrected chi connectivity index (χ2v) is 5.83. The zero-order valence-corrected chi connectivity index (χ0v) is 12.6. The predicted octanol–water partition coefficient (Wildman–Crippen LogP) is 1.39. The van der Waals surface area contributed by atoms with Crippen LogP contribution >= 0.6 is 0 Å². The van der Waals surface area contributed by atoms with Crippen LogP contribution in [0.2, 0.25) is 0 Å². The molecule has 1 aromatic carbocycles. The lowest BCUT2D eigenvalue weighted by atomic mass is 10.0. The molecule has 1 aromatic heterocycles. The first kappa shape index (κ1) is 14.2. The van der Waals surface area contributed by atoms with Crippen molar-refractivity contribution in [1.82, 2.24) is 25.1 Å². The highest BCUT2D eigenvalue weighted by atomic mass is 15.5. The van der Waals surface area contributed by atoms with Gasteiger partial charge in [-0.2, -0.15) is 0 Å². The first-order valence-electron chi connectivity index (χ1n) is 7.46. The van der Waals surface area contributed by atoms with Gasteiger partial charge in [-0.25, -0.2) is 4.68 Å². The predicted molar refractivity (Wildman–Crippen MR) is 80.9 cm³/mol. The standard InChI is InChI=1S/C15H22N6/c1-11(20(2)15(9-16)12-6-7-12)13-4-3-5-14(8-13)21-10-17-18-19-21/h3-5,8,10-12,15H,6-7,9,16H2,1-2H3. The molecule has 1 heterocycles. The summed E-state index contributed by atoms with van der Waals surface area (Å²) in [6, 6.07) is 9.12. The topological polar surface area (TPSA) is 72.9 Å². The summed E-state index contributed by atoms with van der Waals surface area (Å²) in [5, 5.41) is 11.3. The monoisotopic (exact) mass is 286 g/mol. The fourth-order valence-corrected chi connectivity index (χ4v) is 2.90. The highest BCUT2D eigenvalue weighted by molar-refractivity contribution is 5.35. The molecule has 0 amide bonds. The molecule has 1 fully saturated rings. The Hall–Kier alpha value is -1.79. The van der Waals surface area contributed by atoms with E-state index in [0.717, 1.165) is 18.2 Å². The largest absolute Gasteiger partial charge is 0.329 e. The summed E-state index contributed by atoms with van der Waals surface area (Å²) >= 11 is 0. The third-order valence-electron chi connectivity index (χ3n) is 4.51. The van der Waals surface area contributed by atoms with Gasteiger partial charge in [0, 0.05) is 18.6 Å². The SMILES string of the molecule is CC(c1cccc(-n2cnnn2)c1)N(C)C(CN)C1CC1. The highest BCUT2D eigenvalue weighted by Gasteiger charge is 2.34. The van der Waals surface area contributed by atoms with Gasteiger partial charge in [0.25, 0.3) is 0 Å². The average Bonchev–Trinajstić information content (AvgIpc) is 3.19. The lowest BCUT2D eigenvalue weighted by molar-refractivity contribution is 0.170. The molecular formula is C15H22N6. The van der Waals surface area contributed by atoms with Crippen molar-refractivity contribution in [1.29, 1.82) is 0 Å². The normalized spacial score (nSPS) is 17.9. The number of likely N-dealkylation sites (N-methyl/N-ethyl adjacent to an activating group) is 1. The third kappa shape index (κ3) is 2.96. The Balaban J connectivity index is 1.80. The number of benzene rings is 1. The number of hydrogen-bond acceptors (Lipinski definition) is 5. The third-order valence-corrected chi connectivity index (χ3v) is 4.51. The smallest absolute Gasteiger partial charge is 0.143 e. The second-order valence-electron chi connectivity index (χ2n) is 5.83. The van der Waals surface area contributed by atoms with Crippen molar-refractivity contribution in [2.45, 2.75) is 31.8 Å². The molecule has 2 unspecified atom stereocenters. The number of tetrazole rings is 1. The fourth-order valence-electron chi connectivity index (χ4n) is 2.90. The first-order chi connectivity index (χ1) is 10.2. The molecule has 0 spiro atoms. The van der Waals surface area contributed by atoms with Crippen LogP contribution < -0.4 is 5.73 Å². The van der Waals surface area contributed by atoms with Gasteiger partial charge in [0.1, 0.15) is 6.33 Å². The Morgan fingerprint density at radius 3 is 2.86 bits per heavy atom. The van der Waals surface area contributed by atoms with Gasteiger partial charge >= 0.3 is 0 Å². The van der Waals surface area contributed by atoms with E-state index >= 15 is 0 Å². The lowest BCUT2D eigenvalue weighted by Gasteiger charge is -2.33. The van der Waals surface area contributed by atoms with Crippen LogP contribution in [0.1, 0.15) is 31.4 Å². The van der Waals surface area contributed by atoms with Crippen LogP contribution in [0.4, 0.5) is 0 Å². The van der Waals surface area contributed by atoms with E-state index in [-0.39, 0.29) is 0 Å². The molecule has 112 valence electrons. The molecule has 1 aliphatic carbocycles. The first-order valence-corrected chi connectivity index (χ1v) is 7.46. The molecule has 0 aliphatic heterocycles. The molecule has 0 bridgehead atoms. The van der Waals surface area contributed by atoms with E-state index in [1.54, 1.807) is 11.0 Å². The minimum absolute atomic E-state index is 0.315. The van der Waals surface area contributed by atoms with E-state index in [9.17, 15) is 0 Å². The molecule has 6 heteroatoms. The van der Waals surface area contributed by atoms with E-state index in [4.69, 9.17) is 5.73 Å². The summed E-state index contributed by atoms with van der Waals surface area (Å²) in [7, 11) is 2.17. The van der Waals surface area contributed by atoms with E-state index in [1.807, 2.05) is 12.1 Å². The minimum atomic E-state index is 0.315. The van der Waals surface area contributed by atoms with Crippen molar-refractivity contribution >= 4 is 0 Å². The van der Waals surface area contributed by atoms with Crippen LogP contribution in [0.3, 0.4) is 0 Å². The summed E-state index contributed by atoms with van der Waals surface area (Å²) in [6.45, 7) is 2.95. The van der Waals surface area contributed by atoms with Gasteiger partial charge in [-0.15, -0.1) is 5.10 Å². The van der Waals surface area contributed by atoms with Gasteiger partial charge in [0.15, 0.2) is 0 Å². The van der Waals surface area contributed by atoms with Crippen LogP contribution in [0.15, 0.2) is 30.6 Å². The molecular weight excluding hydrogens is 264 g/mol. The van der Waals surface area contributed by atoms with Gasteiger partial charge in [0.05, 0.1) is 5.69 Å². The maximum Gasteiger partial charge on any atom is 0.143 e. The summed E-state index contributed by atoms with van der Waals surface area (Å²) < 4.78 is 1.68. The molecule has 3 rings (SSSR count). The fraction of sp³-hybridized carbons (Fsp3) is 0.533. The van der Waals surface area contributed by atoms with Crippen molar-refractivity contribution < 1.29 is 0 Å². The molecule has 0 saturated heterocycles. The molecule has 1 saturated carbocycles. The lowest BCUT2D eigenvalue weighted by Crippen LogP contribution is -2.41. The van der Waals surface area contributed by atoms with Gasteiger partial charge < -0.3 is 5.73 Å². The Morgan fingerprint density at radius 1 is 1.43 bits per heavy atom. The molecule has 2 aromatic rings. The van der Waals surface area contributed by atoms with Gasteiger partial charge in [-0.1, -0.05) is 12.1 Å². The molecule has 1 aliphatic rings. The number of aromatic nitrogens is 4. The molecule has 0 radical (unpaired) electrons. The Labute approximate surface area is 124 Å². The van der Waals surface area contributed by atoms with Gasteiger partial charge in [-0.3, -0.25) is 4.90 Å². The van der Waals surface area contributed by atoms with E-state index in [2.05, 4.69) is 46.5 Å². The summed E-state index contributed by atoms with van der Waals surface area (Å²) in [5.74, 6) is 0.769. The summed E-state index contributed by atoms with van der Waals surface area (Å²) in [6.07, 6.45) is 4.23. The minimum Gasteiger partial charge on any atom is -0.329 e. The molecule has 21 heavy (non-hydrogen) atoms. The second kappa shape index (κ2) is 5.91. The van der Waals surface area contributed by atoms with Crippen molar-refractivity contribution in [3.63, 3.8) is 0 Å². The van der Waals surface area contributed by atoms with Crippen LogP contribution in [-0.4, -0.2) is 44.7 Å². The quantitative estimate of drug-likeness (QED) is 0.869. The van der Waals surface area contributed by atoms with Crippen LogP contribution in [0.25, 0.3) is 5.69 Å².